The van der Waals surface area contributed by atoms with Gasteiger partial charge in [0.1, 0.15) is 5.82 Å². The van der Waals surface area contributed by atoms with E-state index in [0.29, 0.717) is 26.1 Å². The van der Waals surface area contributed by atoms with Crippen molar-refractivity contribution in [1.82, 2.24) is 14.9 Å². The van der Waals surface area contributed by atoms with Crippen molar-refractivity contribution in [2.45, 2.75) is 13.0 Å². The van der Waals surface area contributed by atoms with E-state index in [1.165, 1.54) is 12.3 Å². The summed E-state index contributed by atoms with van der Waals surface area (Å²) in [7, 11) is 0. The minimum absolute atomic E-state index is 0.232. The van der Waals surface area contributed by atoms with Crippen LogP contribution in [-0.4, -0.2) is 33.9 Å². The molecule has 0 aromatic carbocycles. The van der Waals surface area contributed by atoms with Crippen LogP contribution in [0.5, 0.6) is 0 Å². The van der Waals surface area contributed by atoms with E-state index in [0.717, 1.165) is 11.8 Å². The van der Waals surface area contributed by atoms with Gasteiger partial charge in [-0.3, -0.25) is 14.8 Å². The van der Waals surface area contributed by atoms with Crippen molar-refractivity contribution in [1.29, 1.82) is 0 Å². The van der Waals surface area contributed by atoms with Crippen LogP contribution in [0.2, 0.25) is 0 Å². The van der Waals surface area contributed by atoms with E-state index in [9.17, 15) is 9.18 Å². The Labute approximate surface area is 122 Å². The fourth-order valence-corrected chi connectivity index (χ4v) is 1.96. The highest BCUT2D eigenvalue weighted by Crippen LogP contribution is 2.10. The molecule has 0 aliphatic heterocycles. The Kier molecular flexibility index (Phi) is 5.34. The van der Waals surface area contributed by atoms with Gasteiger partial charge in [-0.25, -0.2) is 4.39 Å². The molecule has 0 spiro atoms. The highest BCUT2D eigenvalue weighted by atomic mass is 19.1. The fraction of sp³-hybridized carbons (Fsp3) is 0.267. The molecule has 0 bridgehead atoms. The number of hydrogen-bond acceptors (Lipinski definition) is 4. The summed E-state index contributed by atoms with van der Waals surface area (Å²) in [6, 6.07) is 4.89. The SMILES string of the molecule is NCCCN(Cc1cccnc1)C(=O)c1cncc(F)c1. The van der Waals surface area contributed by atoms with Crippen molar-refractivity contribution in [3.8, 4) is 0 Å². The van der Waals surface area contributed by atoms with Gasteiger partial charge in [-0.15, -0.1) is 0 Å². The van der Waals surface area contributed by atoms with Gasteiger partial charge in [0.25, 0.3) is 5.91 Å². The molecule has 21 heavy (non-hydrogen) atoms. The van der Waals surface area contributed by atoms with Crippen LogP contribution < -0.4 is 5.73 Å². The van der Waals surface area contributed by atoms with E-state index in [4.69, 9.17) is 5.73 Å². The quantitative estimate of drug-likeness (QED) is 0.876. The van der Waals surface area contributed by atoms with Crippen molar-refractivity contribution in [2.75, 3.05) is 13.1 Å². The van der Waals surface area contributed by atoms with Gasteiger partial charge in [-0.05, 0) is 30.7 Å². The monoisotopic (exact) mass is 288 g/mol. The molecular formula is C15H17FN4O. The molecule has 2 rings (SSSR count). The highest BCUT2D eigenvalue weighted by molar-refractivity contribution is 5.93. The van der Waals surface area contributed by atoms with Crippen molar-refractivity contribution in [3.63, 3.8) is 0 Å². The molecule has 2 aromatic heterocycles. The molecule has 0 unspecified atom stereocenters. The van der Waals surface area contributed by atoms with E-state index in [1.807, 2.05) is 12.1 Å². The Morgan fingerprint density at radius 2 is 2.14 bits per heavy atom. The fourth-order valence-electron chi connectivity index (χ4n) is 1.96. The Morgan fingerprint density at radius 1 is 1.29 bits per heavy atom. The van der Waals surface area contributed by atoms with Crippen LogP contribution in [0.1, 0.15) is 22.3 Å². The zero-order valence-electron chi connectivity index (χ0n) is 11.6. The standard InChI is InChI=1S/C15H17FN4O/c16-14-7-13(9-19-10-14)15(21)20(6-2-4-17)11-12-3-1-5-18-8-12/h1,3,5,7-10H,2,4,6,11,17H2. The predicted molar refractivity (Wildman–Crippen MR) is 76.8 cm³/mol. The summed E-state index contributed by atoms with van der Waals surface area (Å²) in [6.07, 6.45) is 6.49. The maximum Gasteiger partial charge on any atom is 0.255 e. The van der Waals surface area contributed by atoms with Gasteiger partial charge >= 0.3 is 0 Å². The molecule has 0 atom stereocenters. The summed E-state index contributed by atoms with van der Waals surface area (Å²) in [6.45, 7) is 1.39. The molecule has 0 saturated heterocycles. The van der Waals surface area contributed by atoms with Gasteiger partial charge in [0.2, 0.25) is 0 Å². The van der Waals surface area contributed by atoms with Crippen LogP contribution >= 0.6 is 0 Å². The van der Waals surface area contributed by atoms with E-state index in [2.05, 4.69) is 9.97 Å². The molecule has 5 nitrogen and oxygen atoms in total. The Hall–Kier alpha value is -2.34. The third-order valence-electron chi connectivity index (χ3n) is 2.97. The van der Waals surface area contributed by atoms with Gasteiger partial charge in [-0.1, -0.05) is 6.07 Å². The molecule has 1 amide bonds. The van der Waals surface area contributed by atoms with Gasteiger partial charge in [0, 0.05) is 31.7 Å². The molecule has 0 aliphatic rings. The lowest BCUT2D eigenvalue weighted by Gasteiger charge is -2.22. The van der Waals surface area contributed by atoms with Gasteiger partial charge in [0.05, 0.1) is 11.8 Å². The number of rotatable bonds is 6. The second-order valence-electron chi connectivity index (χ2n) is 4.62. The zero-order chi connectivity index (χ0) is 15.1. The average molecular weight is 288 g/mol. The van der Waals surface area contributed by atoms with Crippen molar-refractivity contribution in [2.24, 2.45) is 5.73 Å². The largest absolute Gasteiger partial charge is 0.334 e. The van der Waals surface area contributed by atoms with Crippen molar-refractivity contribution < 1.29 is 9.18 Å². The number of amides is 1. The number of halogens is 1. The van der Waals surface area contributed by atoms with Crippen LogP contribution in [0.3, 0.4) is 0 Å². The first-order valence-corrected chi connectivity index (χ1v) is 6.69. The number of pyridine rings is 2. The first-order chi connectivity index (χ1) is 10.2. The smallest absolute Gasteiger partial charge is 0.255 e. The van der Waals surface area contributed by atoms with Crippen LogP contribution in [0.15, 0.2) is 43.0 Å². The maximum absolute atomic E-state index is 13.2. The summed E-state index contributed by atoms with van der Waals surface area (Å²) >= 11 is 0. The lowest BCUT2D eigenvalue weighted by atomic mass is 10.2. The van der Waals surface area contributed by atoms with Crippen LogP contribution in [0, 0.1) is 5.82 Å². The second kappa shape index (κ2) is 7.44. The molecule has 2 aromatic rings. The number of aromatic nitrogens is 2. The molecule has 6 heteroatoms. The molecular weight excluding hydrogens is 271 g/mol. The van der Waals surface area contributed by atoms with E-state index in [-0.39, 0.29) is 11.5 Å². The van der Waals surface area contributed by atoms with E-state index >= 15 is 0 Å². The molecule has 0 fully saturated rings. The number of nitrogens with zero attached hydrogens (tertiary/aromatic N) is 3. The van der Waals surface area contributed by atoms with Gasteiger partial charge in [-0.2, -0.15) is 0 Å². The predicted octanol–water partition coefficient (Wildman–Crippen LogP) is 1.61. The van der Waals surface area contributed by atoms with Crippen LogP contribution in [-0.2, 0) is 6.54 Å². The Bertz CT molecular complexity index is 591. The normalized spacial score (nSPS) is 10.4. The van der Waals surface area contributed by atoms with Crippen LogP contribution in [0.25, 0.3) is 0 Å². The van der Waals surface area contributed by atoms with Crippen molar-refractivity contribution in [3.05, 3.63) is 59.9 Å². The summed E-state index contributed by atoms with van der Waals surface area (Å²) < 4.78 is 13.2. The minimum atomic E-state index is -0.527. The topological polar surface area (TPSA) is 72.1 Å². The first-order valence-electron chi connectivity index (χ1n) is 6.69. The number of carbonyl (C=O) groups excluding carboxylic acids is 1. The molecule has 0 aliphatic carbocycles. The summed E-state index contributed by atoms with van der Waals surface area (Å²) in [4.78, 5) is 21.8. The number of hydrogen-bond donors (Lipinski definition) is 1. The number of carbonyl (C=O) groups is 1. The van der Waals surface area contributed by atoms with Gasteiger partial charge < -0.3 is 10.6 Å². The summed E-state index contributed by atoms with van der Waals surface area (Å²) in [5.41, 5.74) is 6.65. The average Bonchev–Trinajstić information content (AvgIpc) is 2.51. The zero-order valence-corrected chi connectivity index (χ0v) is 11.6. The second-order valence-corrected chi connectivity index (χ2v) is 4.62. The lowest BCUT2D eigenvalue weighted by Crippen LogP contribution is -2.32. The molecule has 0 saturated carbocycles. The summed E-state index contributed by atoms with van der Waals surface area (Å²) in [5.74, 6) is -0.791. The maximum atomic E-state index is 13.2. The van der Waals surface area contributed by atoms with E-state index in [1.54, 1.807) is 17.3 Å². The van der Waals surface area contributed by atoms with Crippen LogP contribution in [0.4, 0.5) is 4.39 Å². The number of nitrogens with two attached hydrogens (primary N) is 1. The third kappa shape index (κ3) is 4.32. The minimum Gasteiger partial charge on any atom is -0.334 e. The third-order valence-corrected chi connectivity index (χ3v) is 2.97. The summed E-state index contributed by atoms with van der Waals surface area (Å²) in [5, 5.41) is 0. The highest BCUT2D eigenvalue weighted by Gasteiger charge is 2.16. The Morgan fingerprint density at radius 3 is 2.81 bits per heavy atom. The Balaban J connectivity index is 2.17. The molecule has 2 heterocycles. The molecule has 2 N–H and O–H groups in total. The van der Waals surface area contributed by atoms with E-state index < -0.39 is 5.82 Å². The van der Waals surface area contributed by atoms with Gasteiger partial charge in [0.15, 0.2) is 0 Å². The first kappa shape index (κ1) is 15.1. The van der Waals surface area contributed by atoms with Crippen molar-refractivity contribution >= 4 is 5.91 Å². The molecule has 110 valence electrons. The lowest BCUT2D eigenvalue weighted by molar-refractivity contribution is 0.0741. The molecule has 0 radical (unpaired) electrons.